The Bertz CT molecular complexity index is 377. The van der Waals surface area contributed by atoms with Crippen molar-refractivity contribution in [3.05, 3.63) is 29.8 Å². The maximum absolute atomic E-state index is 11.1. The molecule has 0 radical (unpaired) electrons. The van der Waals surface area contributed by atoms with Crippen molar-refractivity contribution in [1.29, 1.82) is 0 Å². The molecule has 0 saturated heterocycles. The first-order valence-electron chi connectivity index (χ1n) is 5.35. The van der Waals surface area contributed by atoms with Gasteiger partial charge in [0, 0.05) is 0 Å². The summed E-state index contributed by atoms with van der Waals surface area (Å²) in [5.41, 5.74) is 0.349. The molecular formula is C12H16O5. The maximum atomic E-state index is 11.1. The van der Waals surface area contributed by atoms with Gasteiger partial charge < -0.3 is 20.1 Å². The summed E-state index contributed by atoms with van der Waals surface area (Å²) in [5, 5.41) is 28.6. The monoisotopic (exact) mass is 240 g/mol. The zero-order valence-electron chi connectivity index (χ0n) is 9.54. The van der Waals surface area contributed by atoms with E-state index >= 15 is 0 Å². The molecule has 0 amide bonds. The highest BCUT2D eigenvalue weighted by atomic mass is 16.5. The van der Waals surface area contributed by atoms with Gasteiger partial charge in [-0.1, -0.05) is 12.1 Å². The molecule has 1 aromatic rings. The normalized spacial score (nSPS) is 14.1. The molecule has 0 heterocycles. The van der Waals surface area contributed by atoms with Crippen LogP contribution in [0.3, 0.4) is 0 Å². The number of aliphatic hydroxyl groups excluding tert-OH is 2. The summed E-state index contributed by atoms with van der Waals surface area (Å²) in [6, 6.07) is 5.89. The second-order valence-electron chi connectivity index (χ2n) is 3.62. The lowest BCUT2D eigenvalue weighted by Gasteiger charge is -2.17. The lowest BCUT2D eigenvalue weighted by molar-refractivity contribution is -0.147. The molecular weight excluding hydrogens is 224 g/mol. The van der Waals surface area contributed by atoms with Crippen molar-refractivity contribution in [2.75, 3.05) is 6.61 Å². The largest absolute Gasteiger partial charge is 0.508 e. The van der Waals surface area contributed by atoms with Crippen molar-refractivity contribution in [2.24, 2.45) is 0 Å². The summed E-state index contributed by atoms with van der Waals surface area (Å²) in [6.07, 6.45) is -2.77. The predicted octanol–water partition coefficient (Wildman–Crippen LogP) is 0.740. The topological polar surface area (TPSA) is 87.0 Å². The molecule has 17 heavy (non-hydrogen) atoms. The lowest BCUT2D eigenvalue weighted by atomic mass is 10.0. The van der Waals surface area contributed by atoms with Gasteiger partial charge in [-0.2, -0.15) is 0 Å². The van der Waals surface area contributed by atoms with Crippen LogP contribution in [-0.2, 0) is 9.53 Å². The van der Waals surface area contributed by atoms with Crippen molar-refractivity contribution in [2.45, 2.75) is 25.6 Å². The summed E-state index contributed by atoms with van der Waals surface area (Å²) in [5.74, 6) is -0.580. The van der Waals surface area contributed by atoms with Gasteiger partial charge in [-0.05, 0) is 24.6 Å². The van der Waals surface area contributed by atoms with Crippen LogP contribution in [0.5, 0.6) is 5.75 Å². The van der Waals surface area contributed by atoms with Gasteiger partial charge >= 0.3 is 5.97 Å². The number of rotatable bonds is 5. The average molecular weight is 240 g/mol. The molecule has 0 aromatic heterocycles. The molecule has 0 aliphatic heterocycles. The Labute approximate surface area is 99.3 Å². The number of ether oxygens (including phenoxy) is 1. The minimum atomic E-state index is -1.25. The van der Waals surface area contributed by atoms with Crippen molar-refractivity contribution in [3.8, 4) is 5.75 Å². The van der Waals surface area contributed by atoms with E-state index in [1.807, 2.05) is 0 Å². The molecule has 0 spiro atoms. The molecule has 0 aliphatic rings. The summed E-state index contributed by atoms with van der Waals surface area (Å²) >= 11 is 0. The molecule has 2 unspecified atom stereocenters. The number of carbonyl (C=O) groups is 1. The van der Waals surface area contributed by atoms with Crippen molar-refractivity contribution >= 4 is 5.97 Å². The van der Waals surface area contributed by atoms with E-state index < -0.39 is 18.2 Å². The van der Waals surface area contributed by atoms with Gasteiger partial charge in [0.25, 0.3) is 0 Å². The van der Waals surface area contributed by atoms with E-state index in [-0.39, 0.29) is 18.8 Å². The van der Waals surface area contributed by atoms with Gasteiger partial charge in [-0.3, -0.25) is 4.79 Å². The molecule has 1 rings (SSSR count). The fourth-order valence-corrected chi connectivity index (χ4v) is 1.43. The SMILES string of the molecule is CCOC(=O)CC(O)C(O)c1cccc(O)c1. The highest BCUT2D eigenvalue weighted by molar-refractivity contribution is 5.70. The molecule has 2 atom stereocenters. The Balaban J connectivity index is 2.63. The summed E-state index contributed by atoms with van der Waals surface area (Å²) < 4.78 is 4.66. The number of phenolic OH excluding ortho intramolecular Hbond substituents is 1. The predicted molar refractivity (Wildman–Crippen MR) is 60.3 cm³/mol. The van der Waals surface area contributed by atoms with Crippen molar-refractivity contribution < 1.29 is 24.9 Å². The molecule has 0 fully saturated rings. The van der Waals surface area contributed by atoms with E-state index in [9.17, 15) is 20.1 Å². The molecule has 0 aliphatic carbocycles. The Morgan fingerprint density at radius 1 is 1.41 bits per heavy atom. The Morgan fingerprint density at radius 2 is 2.12 bits per heavy atom. The number of aromatic hydroxyl groups is 1. The number of aliphatic hydroxyl groups is 2. The standard InChI is InChI=1S/C12H16O5/c1-2-17-11(15)7-10(14)12(16)8-4-3-5-9(13)6-8/h3-6,10,12-14,16H,2,7H2,1H3. The summed E-state index contributed by atoms with van der Waals surface area (Å²) in [6.45, 7) is 1.89. The number of carbonyl (C=O) groups excluding carboxylic acids is 1. The number of esters is 1. The van der Waals surface area contributed by atoms with E-state index in [0.717, 1.165) is 0 Å². The van der Waals surface area contributed by atoms with Gasteiger partial charge in [0.15, 0.2) is 0 Å². The number of benzene rings is 1. The molecule has 3 N–H and O–H groups in total. The second kappa shape index (κ2) is 6.22. The Hall–Kier alpha value is -1.59. The number of hydrogen-bond donors (Lipinski definition) is 3. The van der Waals surface area contributed by atoms with Crippen LogP contribution in [-0.4, -0.2) is 34.0 Å². The first-order chi connectivity index (χ1) is 8.04. The van der Waals surface area contributed by atoms with Crippen LogP contribution in [0.15, 0.2) is 24.3 Å². The fraction of sp³-hybridized carbons (Fsp3) is 0.417. The van der Waals surface area contributed by atoms with E-state index in [0.29, 0.717) is 5.56 Å². The number of hydrogen-bond acceptors (Lipinski definition) is 5. The van der Waals surface area contributed by atoms with E-state index in [1.54, 1.807) is 19.1 Å². The van der Waals surface area contributed by atoms with Crippen LogP contribution in [0.25, 0.3) is 0 Å². The van der Waals surface area contributed by atoms with Crippen LogP contribution < -0.4 is 0 Å². The van der Waals surface area contributed by atoms with Crippen LogP contribution in [0.2, 0.25) is 0 Å². The van der Waals surface area contributed by atoms with Crippen molar-refractivity contribution in [1.82, 2.24) is 0 Å². The zero-order chi connectivity index (χ0) is 12.8. The molecule has 1 aromatic carbocycles. The van der Waals surface area contributed by atoms with E-state index in [1.165, 1.54) is 12.1 Å². The number of phenols is 1. The van der Waals surface area contributed by atoms with Crippen LogP contribution in [0, 0.1) is 0 Å². The molecule has 5 nitrogen and oxygen atoms in total. The van der Waals surface area contributed by atoms with Gasteiger partial charge in [0.1, 0.15) is 11.9 Å². The Kier molecular flexibility index (Phi) is 4.93. The molecule has 0 saturated carbocycles. The smallest absolute Gasteiger partial charge is 0.308 e. The maximum Gasteiger partial charge on any atom is 0.308 e. The van der Waals surface area contributed by atoms with Gasteiger partial charge in [0.2, 0.25) is 0 Å². The second-order valence-corrected chi connectivity index (χ2v) is 3.62. The highest BCUT2D eigenvalue weighted by Crippen LogP contribution is 2.22. The minimum absolute atomic E-state index is 0.00937. The zero-order valence-corrected chi connectivity index (χ0v) is 9.54. The van der Waals surface area contributed by atoms with Crippen LogP contribution in [0.1, 0.15) is 25.0 Å². The van der Waals surface area contributed by atoms with Gasteiger partial charge in [-0.15, -0.1) is 0 Å². The summed E-state index contributed by atoms with van der Waals surface area (Å²) in [7, 11) is 0. The average Bonchev–Trinajstić information content (AvgIpc) is 2.28. The molecule has 0 bridgehead atoms. The minimum Gasteiger partial charge on any atom is -0.508 e. The lowest BCUT2D eigenvalue weighted by Crippen LogP contribution is -2.23. The molecule has 94 valence electrons. The third-order valence-electron chi connectivity index (χ3n) is 2.26. The molecule has 5 heteroatoms. The summed E-state index contributed by atoms with van der Waals surface area (Å²) in [4.78, 5) is 11.1. The van der Waals surface area contributed by atoms with Crippen molar-refractivity contribution in [3.63, 3.8) is 0 Å². The quantitative estimate of drug-likeness (QED) is 0.661. The first kappa shape index (κ1) is 13.5. The first-order valence-corrected chi connectivity index (χ1v) is 5.35. The highest BCUT2D eigenvalue weighted by Gasteiger charge is 2.22. The van der Waals surface area contributed by atoms with E-state index in [2.05, 4.69) is 4.74 Å². The van der Waals surface area contributed by atoms with Gasteiger partial charge in [0.05, 0.1) is 19.1 Å². The third kappa shape index (κ3) is 4.05. The van der Waals surface area contributed by atoms with Gasteiger partial charge in [-0.25, -0.2) is 0 Å². The Morgan fingerprint density at radius 3 is 2.71 bits per heavy atom. The van der Waals surface area contributed by atoms with E-state index in [4.69, 9.17) is 0 Å². The third-order valence-corrected chi connectivity index (χ3v) is 2.26. The van der Waals surface area contributed by atoms with Crippen LogP contribution in [0.4, 0.5) is 0 Å². The van der Waals surface area contributed by atoms with Crippen LogP contribution >= 0.6 is 0 Å². The fourth-order valence-electron chi connectivity index (χ4n) is 1.43.